The maximum atomic E-state index is 5.99. The van der Waals surface area contributed by atoms with E-state index >= 15 is 0 Å². The minimum Gasteiger partial charge on any atom is -0.496 e. The van der Waals surface area contributed by atoms with E-state index in [0.29, 0.717) is 0 Å². The Bertz CT molecular complexity index is 703. The van der Waals surface area contributed by atoms with Crippen molar-refractivity contribution in [1.29, 1.82) is 0 Å². The highest BCUT2D eigenvalue weighted by atomic mass is 35.5. The summed E-state index contributed by atoms with van der Waals surface area (Å²) in [6, 6.07) is 15.8. The first-order valence-electron chi connectivity index (χ1n) is 5.69. The van der Waals surface area contributed by atoms with E-state index in [1.54, 1.807) is 7.11 Å². The first-order valence-corrected chi connectivity index (χ1v) is 6.07. The Morgan fingerprint density at radius 1 is 1.06 bits per heavy atom. The maximum absolute atomic E-state index is 5.99. The van der Waals surface area contributed by atoms with Gasteiger partial charge in [-0.25, -0.2) is 0 Å². The van der Waals surface area contributed by atoms with E-state index in [2.05, 4.69) is 11.1 Å². The van der Waals surface area contributed by atoms with Crippen LogP contribution in [-0.2, 0) is 0 Å². The Labute approximate surface area is 110 Å². The van der Waals surface area contributed by atoms with Crippen molar-refractivity contribution in [3.63, 3.8) is 0 Å². The number of ether oxygens (including phenoxy) is 1. The van der Waals surface area contributed by atoms with Crippen LogP contribution >= 0.6 is 11.6 Å². The van der Waals surface area contributed by atoms with Gasteiger partial charge in [-0.05, 0) is 36.4 Å². The molecule has 0 aliphatic heterocycles. The first-order chi connectivity index (χ1) is 8.78. The fourth-order valence-electron chi connectivity index (χ4n) is 2.12. The predicted octanol–water partition coefficient (Wildman–Crippen LogP) is 4.50. The zero-order valence-corrected chi connectivity index (χ0v) is 10.7. The molecule has 1 aromatic heterocycles. The van der Waals surface area contributed by atoms with Gasteiger partial charge in [0.1, 0.15) is 5.75 Å². The number of hydrogen-bond acceptors (Lipinski definition) is 1. The Morgan fingerprint density at radius 2 is 1.89 bits per heavy atom. The second-order valence-electron chi connectivity index (χ2n) is 4.11. The molecule has 1 heterocycles. The number of rotatable bonds is 2. The third kappa shape index (κ3) is 1.85. The molecular weight excluding hydrogens is 246 g/mol. The molecule has 1 N–H and O–H groups in total. The van der Waals surface area contributed by atoms with Crippen LogP contribution in [0.5, 0.6) is 5.75 Å². The van der Waals surface area contributed by atoms with E-state index in [9.17, 15) is 0 Å². The van der Waals surface area contributed by atoms with Crippen LogP contribution < -0.4 is 4.74 Å². The van der Waals surface area contributed by atoms with Crippen molar-refractivity contribution in [2.45, 2.75) is 0 Å². The summed E-state index contributed by atoms with van der Waals surface area (Å²) in [7, 11) is 1.68. The molecule has 0 amide bonds. The van der Waals surface area contributed by atoms with E-state index in [-0.39, 0.29) is 0 Å². The van der Waals surface area contributed by atoms with Gasteiger partial charge >= 0.3 is 0 Å². The summed E-state index contributed by atoms with van der Waals surface area (Å²) in [5, 5.41) is 1.84. The van der Waals surface area contributed by atoms with Crippen LogP contribution in [0, 0.1) is 0 Å². The third-order valence-corrected chi connectivity index (χ3v) is 3.22. The molecule has 0 saturated heterocycles. The van der Waals surface area contributed by atoms with Crippen molar-refractivity contribution >= 4 is 22.5 Å². The largest absolute Gasteiger partial charge is 0.496 e. The molecule has 2 nitrogen and oxygen atoms in total. The third-order valence-electron chi connectivity index (χ3n) is 2.98. The van der Waals surface area contributed by atoms with Gasteiger partial charge in [0.25, 0.3) is 0 Å². The number of halogens is 1. The topological polar surface area (TPSA) is 25.0 Å². The van der Waals surface area contributed by atoms with Crippen LogP contribution in [0.15, 0.2) is 48.5 Å². The summed E-state index contributed by atoms with van der Waals surface area (Å²) >= 11 is 5.99. The number of aromatic nitrogens is 1. The van der Waals surface area contributed by atoms with Gasteiger partial charge in [0.2, 0.25) is 0 Å². The summed E-state index contributed by atoms with van der Waals surface area (Å²) < 4.78 is 5.37. The SMILES string of the molecule is COc1ccccc1-c1cc2cc(Cl)ccc2[nH]1. The van der Waals surface area contributed by atoms with Crippen LogP contribution in [0.1, 0.15) is 0 Å². The highest BCUT2D eigenvalue weighted by Crippen LogP contribution is 2.31. The summed E-state index contributed by atoms with van der Waals surface area (Å²) in [4.78, 5) is 3.38. The molecule has 0 aliphatic rings. The van der Waals surface area contributed by atoms with Gasteiger partial charge < -0.3 is 9.72 Å². The van der Waals surface area contributed by atoms with Crippen molar-refractivity contribution in [3.8, 4) is 17.0 Å². The highest BCUT2D eigenvalue weighted by Gasteiger charge is 2.08. The van der Waals surface area contributed by atoms with Crippen molar-refractivity contribution in [1.82, 2.24) is 4.98 Å². The molecule has 18 heavy (non-hydrogen) atoms. The van der Waals surface area contributed by atoms with E-state index in [1.165, 1.54) is 0 Å². The number of benzene rings is 2. The minimum atomic E-state index is 0.744. The monoisotopic (exact) mass is 257 g/mol. The average Bonchev–Trinajstić information content (AvgIpc) is 2.81. The molecular formula is C15H12ClNO. The lowest BCUT2D eigenvalue weighted by Gasteiger charge is -2.05. The van der Waals surface area contributed by atoms with Crippen LogP contribution in [0.3, 0.4) is 0 Å². The first kappa shape index (κ1) is 11.2. The standard InChI is InChI=1S/C15H12ClNO/c1-18-15-5-3-2-4-12(15)14-9-10-8-11(16)6-7-13(10)17-14/h2-9,17H,1H3. The number of para-hydroxylation sites is 1. The summed E-state index contributed by atoms with van der Waals surface area (Å²) in [5.74, 6) is 0.857. The number of aromatic amines is 1. The molecule has 0 aliphatic carbocycles. The molecule has 3 rings (SSSR count). The van der Waals surface area contributed by atoms with Crippen molar-refractivity contribution in [2.24, 2.45) is 0 Å². The highest BCUT2D eigenvalue weighted by molar-refractivity contribution is 6.31. The zero-order chi connectivity index (χ0) is 12.5. The molecule has 3 aromatic rings. The number of H-pyrrole nitrogens is 1. The molecule has 0 unspecified atom stereocenters. The van der Waals surface area contributed by atoms with Gasteiger partial charge in [0.15, 0.2) is 0 Å². The van der Waals surface area contributed by atoms with E-state index < -0.39 is 0 Å². The van der Waals surface area contributed by atoms with Crippen LogP contribution in [0.2, 0.25) is 5.02 Å². The van der Waals surface area contributed by atoms with Crippen molar-refractivity contribution in [2.75, 3.05) is 7.11 Å². The minimum absolute atomic E-state index is 0.744. The Morgan fingerprint density at radius 3 is 2.72 bits per heavy atom. The fraction of sp³-hybridized carbons (Fsp3) is 0.0667. The lowest BCUT2D eigenvalue weighted by atomic mass is 10.1. The predicted molar refractivity (Wildman–Crippen MR) is 75.3 cm³/mol. The normalized spacial score (nSPS) is 10.8. The molecule has 0 radical (unpaired) electrons. The quantitative estimate of drug-likeness (QED) is 0.719. The van der Waals surface area contributed by atoms with Crippen LogP contribution in [-0.4, -0.2) is 12.1 Å². The van der Waals surface area contributed by atoms with Crippen LogP contribution in [0.25, 0.3) is 22.2 Å². The van der Waals surface area contributed by atoms with Crippen LogP contribution in [0.4, 0.5) is 0 Å². The lowest BCUT2D eigenvalue weighted by molar-refractivity contribution is 0.416. The van der Waals surface area contributed by atoms with Crippen molar-refractivity contribution in [3.05, 3.63) is 53.6 Å². The zero-order valence-electron chi connectivity index (χ0n) is 9.91. The molecule has 3 heteroatoms. The van der Waals surface area contributed by atoms with E-state index in [1.807, 2.05) is 42.5 Å². The second-order valence-corrected chi connectivity index (χ2v) is 4.55. The molecule has 0 bridgehead atoms. The summed E-state index contributed by atoms with van der Waals surface area (Å²) in [6.45, 7) is 0. The summed E-state index contributed by atoms with van der Waals surface area (Å²) in [6.07, 6.45) is 0. The molecule has 0 fully saturated rings. The van der Waals surface area contributed by atoms with E-state index in [0.717, 1.165) is 32.9 Å². The number of fused-ring (bicyclic) bond motifs is 1. The summed E-state index contributed by atoms with van der Waals surface area (Å²) in [5.41, 5.74) is 3.15. The van der Waals surface area contributed by atoms with Gasteiger partial charge in [-0.15, -0.1) is 0 Å². The molecule has 0 atom stereocenters. The van der Waals surface area contributed by atoms with Gasteiger partial charge in [0, 0.05) is 21.5 Å². The molecule has 2 aromatic carbocycles. The van der Waals surface area contributed by atoms with Gasteiger partial charge in [-0.1, -0.05) is 23.7 Å². The Hall–Kier alpha value is -1.93. The van der Waals surface area contributed by atoms with Gasteiger partial charge in [0.05, 0.1) is 12.8 Å². The van der Waals surface area contributed by atoms with Crippen molar-refractivity contribution < 1.29 is 4.74 Å². The van der Waals surface area contributed by atoms with Gasteiger partial charge in [-0.2, -0.15) is 0 Å². The smallest absolute Gasteiger partial charge is 0.128 e. The second kappa shape index (κ2) is 4.39. The fourth-order valence-corrected chi connectivity index (χ4v) is 2.30. The Balaban J connectivity index is 2.19. The molecule has 0 saturated carbocycles. The lowest BCUT2D eigenvalue weighted by Crippen LogP contribution is -1.86. The number of hydrogen-bond donors (Lipinski definition) is 1. The van der Waals surface area contributed by atoms with Gasteiger partial charge in [-0.3, -0.25) is 0 Å². The molecule has 0 spiro atoms. The molecule has 90 valence electrons. The average molecular weight is 258 g/mol. The number of nitrogens with one attached hydrogen (secondary N) is 1. The number of methoxy groups -OCH3 is 1. The van der Waals surface area contributed by atoms with E-state index in [4.69, 9.17) is 16.3 Å². The maximum Gasteiger partial charge on any atom is 0.128 e. The Kier molecular flexibility index (Phi) is 2.73.